The molecule has 212 valence electrons. The van der Waals surface area contributed by atoms with E-state index < -0.39 is 34.2 Å². The van der Waals surface area contributed by atoms with Crippen LogP contribution in [0, 0.1) is 5.92 Å². The summed E-state index contributed by atoms with van der Waals surface area (Å²) in [5.74, 6) is -1.85. The lowest BCUT2D eigenvalue weighted by atomic mass is 9.84. The highest BCUT2D eigenvalue weighted by Gasteiger charge is 2.39. The van der Waals surface area contributed by atoms with Crippen LogP contribution in [0.3, 0.4) is 0 Å². The first-order chi connectivity index (χ1) is 19.1. The van der Waals surface area contributed by atoms with Gasteiger partial charge in [0.2, 0.25) is 0 Å². The Balaban J connectivity index is 1.94. The third kappa shape index (κ3) is 8.29. The van der Waals surface area contributed by atoms with Gasteiger partial charge in [0.1, 0.15) is 5.60 Å². The molecular weight excluding hydrogens is 522 g/mol. The molecule has 0 radical (unpaired) electrons. The Hall–Kier alpha value is -3.42. The van der Waals surface area contributed by atoms with Gasteiger partial charge >= 0.3 is 11.9 Å². The van der Waals surface area contributed by atoms with Crippen LogP contribution in [0.1, 0.15) is 57.2 Å². The molecule has 40 heavy (non-hydrogen) atoms. The van der Waals surface area contributed by atoms with E-state index in [4.69, 9.17) is 15.2 Å². The Morgan fingerprint density at radius 3 is 1.62 bits per heavy atom. The summed E-state index contributed by atoms with van der Waals surface area (Å²) in [4.78, 5) is 38.5. The summed E-state index contributed by atoms with van der Waals surface area (Å²) in [5.41, 5.74) is 8.57. The van der Waals surface area contributed by atoms with Crippen LogP contribution in [0.5, 0.6) is 0 Å². The van der Waals surface area contributed by atoms with Gasteiger partial charge in [0.25, 0.3) is 0 Å². The van der Waals surface area contributed by atoms with Crippen molar-refractivity contribution in [3.63, 3.8) is 0 Å². The number of thioether (sulfide) groups is 1. The van der Waals surface area contributed by atoms with Crippen molar-refractivity contribution in [3.8, 4) is 0 Å². The van der Waals surface area contributed by atoms with Gasteiger partial charge in [0.05, 0.1) is 29.7 Å². The second kappa shape index (κ2) is 14.3. The van der Waals surface area contributed by atoms with Crippen LogP contribution in [0.4, 0.5) is 0 Å². The van der Waals surface area contributed by atoms with E-state index in [9.17, 15) is 14.4 Å². The number of hydrogen-bond donors (Lipinski definition) is 1. The van der Waals surface area contributed by atoms with Crippen molar-refractivity contribution < 1.29 is 23.9 Å². The minimum absolute atomic E-state index is 0.135. The summed E-state index contributed by atoms with van der Waals surface area (Å²) in [6, 6.07) is 29.3. The number of carbonyl (C=O) groups is 3. The molecule has 3 aromatic carbocycles. The van der Waals surface area contributed by atoms with Gasteiger partial charge < -0.3 is 15.2 Å². The van der Waals surface area contributed by atoms with E-state index in [2.05, 4.69) is 36.4 Å². The normalized spacial score (nSPS) is 13.2. The van der Waals surface area contributed by atoms with Crippen molar-refractivity contribution in [2.24, 2.45) is 11.7 Å². The van der Waals surface area contributed by atoms with Gasteiger partial charge in [-0.2, -0.15) is 0 Å². The smallest absolute Gasteiger partial charge is 0.310 e. The Morgan fingerprint density at radius 2 is 1.23 bits per heavy atom. The van der Waals surface area contributed by atoms with Gasteiger partial charge in [-0.05, 0) is 44.4 Å². The average Bonchev–Trinajstić information content (AvgIpc) is 2.93. The molecule has 0 saturated heterocycles. The van der Waals surface area contributed by atoms with Gasteiger partial charge in [0, 0.05) is 12.2 Å². The number of esters is 2. The standard InChI is InChI=1S/C33H39NO5S/c1-5-38-31(37)24(21-29(35)28(34)22-30(36)39-32(2,3)4)23-40-33(25-15-9-6-10-16-25,26-17-11-7-12-18-26)27-19-13-8-14-20-27/h6-20,24,28H,5,21-23,34H2,1-4H3/t24-,28-/m0/s1. The fourth-order valence-electron chi connectivity index (χ4n) is 4.54. The predicted molar refractivity (Wildman–Crippen MR) is 160 cm³/mol. The van der Waals surface area contributed by atoms with Crippen molar-refractivity contribution in [1.82, 2.24) is 0 Å². The van der Waals surface area contributed by atoms with E-state index in [0.29, 0.717) is 5.75 Å². The van der Waals surface area contributed by atoms with Crippen LogP contribution >= 0.6 is 11.8 Å². The van der Waals surface area contributed by atoms with E-state index in [1.807, 2.05) is 54.6 Å². The second-order valence-corrected chi connectivity index (χ2v) is 11.8. The van der Waals surface area contributed by atoms with E-state index in [0.717, 1.165) is 16.7 Å². The monoisotopic (exact) mass is 561 g/mol. The van der Waals surface area contributed by atoms with E-state index >= 15 is 0 Å². The molecular formula is C33H39NO5S. The molecule has 0 aromatic heterocycles. The van der Waals surface area contributed by atoms with Gasteiger partial charge in [0.15, 0.2) is 5.78 Å². The molecule has 3 aromatic rings. The molecule has 0 amide bonds. The maximum Gasteiger partial charge on any atom is 0.310 e. The first-order valence-electron chi connectivity index (χ1n) is 13.5. The molecule has 0 fully saturated rings. The van der Waals surface area contributed by atoms with Crippen LogP contribution in [-0.4, -0.2) is 41.7 Å². The van der Waals surface area contributed by atoms with Crippen LogP contribution in [0.25, 0.3) is 0 Å². The Labute approximate surface area is 241 Å². The SMILES string of the molecule is CCOC(=O)[C@H](CSC(c1ccccc1)(c1ccccc1)c1ccccc1)CC(=O)[C@@H](N)CC(=O)OC(C)(C)C. The number of Topliss-reactive ketones (excluding diaryl/α,β-unsaturated/α-hetero) is 1. The molecule has 6 nitrogen and oxygen atoms in total. The van der Waals surface area contributed by atoms with Gasteiger partial charge in [-0.25, -0.2) is 0 Å². The van der Waals surface area contributed by atoms with Crippen molar-refractivity contribution in [3.05, 3.63) is 108 Å². The quantitative estimate of drug-likeness (QED) is 0.205. The average molecular weight is 562 g/mol. The molecule has 0 saturated carbocycles. The third-order valence-corrected chi connectivity index (χ3v) is 8.04. The summed E-state index contributed by atoms with van der Waals surface area (Å²) < 4.78 is 10.0. The fourth-order valence-corrected chi connectivity index (χ4v) is 6.15. The summed E-state index contributed by atoms with van der Waals surface area (Å²) >= 11 is 1.58. The fraction of sp³-hybridized carbons (Fsp3) is 0.364. The highest BCUT2D eigenvalue weighted by Crippen LogP contribution is 2.49. The van der Waals surface area contributed by atoms with Crippen molar-refractivity contribution in [2.75, 3.05) is 12.4 Å². The summed E-state index contributed by atoms with van der Waals surface area (Å²) in [5, 5.41) is 0. The largest absolute Gasteiger partial charge is 0.466 e. The molecule has 0 unspecified atom stereocenters. The first kappa shape index (κ1) is 31.1. The molecule has 0 spiro atoms. The lowest BCUT2D eigenvalue weighted by Crippen LogP contribution is -2.38. The zero-order valence-corrected chi connectivity index (χ0v) is 24.5. The number of rotatable bonds is 13. The zero-order valence-electron chi connectivity index (χ0n) is 23.7. The molecule has 7 heteroatoms. The first-order valence-corrected chi connectivity index (χ1v) is 14.5. The minimum Gasteiger partial charge on any atom is -0.466 e. The number of carbonyl (C=O) groups excluding carboxylic acids is 3. The van der Waals surface area contributed by atoms with Crippen molar-refractivity contribution in [1.29, 1.82) is 0 Å². The number of nitrogens with two attached hydrogens (primary N) is 1. The Morgan fingerprint density at radius 1 is 0.775 bits per heavy atom. The van der Waals surface area contributed by atoms with Crippen LogP contribution in [-0.2, 0) is 28.6 Å². The highest BCUT2D eigenvalue weighted by molar-refractivity contribution is 8.00. The molecule has 0 aliphatic heterocycles. The molecule has 2 N–H and O–H groups in total. The van der Waals surface area contributed by atoms with Crippen LogP contribution in [0.15, 0.2) is 91.0 Å². The number of ether oxygens (including phenoxy) is 2. The van der Waals surface area contributed by atoms with Gasteiger partial charge in [-0.1, -0.05) is 91.0 Å². The van der Waals surface area contributed by atoms with Crippen molar-refractivity contribution >= 4 is 29.5 Å². The molecule has 0 aliphatic rings. The number of benzene rings is 3. The van der Waals surface area contributed by atoms with Gasteiger partial charge in [-0.15, -0.1) is 11.8 Å². The van der Waals surface area contributed by atoms with E-state index in [-0.39, 0.29) is 25.2 Å². The molecule has 2 atom stereocenters. The highest BCUT2D eigenvalue weighted by atomic mass is 32.2. The van der Waals surface area contributed by atoms with Crippen molar-refractivity contribution in [2.45, 2.75) is 56.9 Å². The number of ketones is 1. The molecule has 0 heterocycles. The maximum absolute atomic E-state index is 13.1. The summed E-state index contributed by atoms with van der Waals surface area (Å²) in [7, 11) is 0. The van der Waals surface area contributed by atoms with E-state index in [1.54, 1.807) is 39.5 Å². The van der Waals surface area contributed by atoms with Crippen LogP contribution < -0.4 is 5.73 Å². The molecule has 3 rings (SSSR count). The summed E-state index contributed by atoms with van der Waals surface area (Å²) in [6.07, 6.45) is -0.384. The minimum atomic E-state index is -1.07. The van der Waals surface area contributed by atoms with Gasteiger partial charge in [-0.3, -0.25) is 14.4 Å². The Kier molecular flexibility index (Phi) is 11.1. The lowest BCUT2D eigenvalue weighted by molar-refractivity contribution is -0.156. The Bertz CT molecular complexity index is 1150. The maximum atomic E-state index is 13.1. The summed E-state index contributed by atoms with van der Waals surface area (Å²) in [6.45, 7) is 7.19. The third-order valence-electron chi connectivity index (χ3n) is 6.33. The molecule has 0 bridgehead atoms. The topological polar surface area (TPSA) is 95.7 Å². The zero-order chi connectivity index (χ0) is 29.2. The number of hydrogen-bond acceptors (Lipinski definition) is 7. The second-order valence-electron chi connectivity index (χ2n) is 10.6. The molecule has 0 aliphatic carbocycles. The van der Waals surface area contributed by atoms with Crippen LogP contribution in [0.2, 0.25) is 0 Å². The van der Waals surface area contributed by atoms with E-state index in [1.165, 1.54) is 0 Å². The lowest BCUT2D eigenvalue weighted by Gasteiger charge is -2.36. The predicted octanol–water partition coefficient (Wildman–Crippen LogP) is 5.91.